The Morgan fingerprint density at radius 3 is 1.39 bits per heavy atom. The number of hydrogen-bond acceptors (Lipinski definition) is 4. The van der Waals surface area contributed by atoms with E-state index in [1.54, 1.807) is 13.8 Å². The molecule has 120 valence electrons. The highest BCUT2D eigenvalue weighted by Crippen LogP contribution is 2.24. The second-order valence-corrected chi connectivity index (χ2v) is 7.14. The van der Waals surface area contributed by atoms with E-state index in [2.05, 4.69) is 0 Å². The SMILES string of the molecule is Cc1cc(S(=O)(=O)c2ccc(C(N)=O)c(C)c2)ccc1C(N)=O. The number of aryl methyl sites for hydroxylation is 2. The predicted molar refractivity (Wildman–Crippen MR) is 84.8 cm³/mol. The van der Waals surface area contributed by atoms with E-state index in [0.717, 1.165) is 0 Å². The molecule has 7 heteroatoms. The summed E-state index contributed by atoms with van der Waals surface area (Å²) in [5.74, 6) is -1.23. The summed E-state index contributed by atoms with van der Waals surface area (Å²) in [7, 11) is -3.77. The third-order valence-corrected chi connectivity index (χ3v) is 5.30. The van der Waals surface area contributed by atoms with Crippen LogP contribution in [-0.4, -0.2) is 20.2 Å². The van der Waals surface area contributed by atoms with E-state index in [-0.39, 0.29) is 20.9 Å². The Labute approximate surface area is 134 Å². The van der Waals surface area contributed by atoms with Crippen molar-refractivity contribution in [3.05, 3.63) is 58.7 Å². The van der Waals surface area contributed by atoms with E-state index >= 15 is 0 Å². The van der Waals surface area contributed by atoms with Crippen molar-refractivity contribution in [2.75, 3.05) is 0 Å². The minimum absolute atomic E-state index is 0.0474. The first-order valence-electron chi connectivity index (χ1n) is 6.70. The lowest BCUT2D eigenvalue weighted by atomic mass is 10.1. The number of hydrogen-bond donors (Lipinski definition) is 2. The van der Waals surface area contributed by atoms with Crippen LogP contribution < -0.4 is 11.5 Å². The zero-order chi connectivity index (χ0) is 17.4. The van der Waals surface area contributed by atoms with Gasteiger partial charge in [0.15, 0.2) is 0 Å². The van der Waals surface area contributed by atoms with Crippen LogP contribution in [0.5, 0.6) is 0 Å². The number of carbonyl (C=O) groups excluding carboxylic acids is 2. The molecule has 0 saturated carbocycles. The summed E-state index contributed by atoms with van der Waals surface area (Å²) in [6.07, 6.45) is 0. The van der Waals surface area contributed by atoms with E-state index in [0.29, 0.717) is 11.1 Å². The van der Waals surface area contributed by atoms with Crippen LogP contribution in [0.1, 0.15) is 31.8 Å². The first-order chi connectivity index (χ1) is 10.6. The van der Waals surface area contributed by atoms with Crippen molar-refractivity contribution in [2.45, 2.75) is 23.6 Å². The summed E-state index contributed by atoms with van der Waals surface area (Å²) < 4.78 is 25.3. The summed E-state index contributed by atoms with van der Waals surface area (Å²) in [5, 5.41) is 0. The Morgan fingerprint density at radius 2 is 1.13 bits per heavy atom. The fourth-order valence-electron chi connectivity index (χ4n) is 2.30. The van der Waals surface area contributed by atoms with Gasteiger partial charge in [0.05, 0.1) is 9.79 Å². The van der Waals surface area contributed by atoms with E-state index in [1.165, 1.54) is 36.4 Å². The lowest BCUT2D eigenvalue weighted by molar-refractivity contribution is 0.0991. The highest BCUT2D eigenvalue weighted by molar-refractivity contribution is 7.91. The number of benzene rings is 2. The molecule has 0 radical (unpaired) electrons. The Morgan fingerprint density at radius 1 is 0.783 bits per heavy atom. The summed E-state index contributed by atoms with van der Waals surface area (Å²) in [4.78, 5) is 22.6. The maximum Gasteiger partial charge on any atom is 0.248 e. The molecule has 0 aliphatic carbocycles. The van der Waals surface area contributed by atoms with Gasteiger partial charge in [-0.3, -0.25) is 9.59 Å². The molecule has 0 bridgehead atoms. The highest BCUT2D eigenvalue weighted by Gasteiger charge is 2.20. The van der Waals surface area contributed by atoms with Crippen LogP contribution in [0.2, 0.25) is 0 Å². The third kappa shape index (κ3) is 3.09. The van der Waals surface area contributed by atoms with Crippen molar-refractivity contribution >= 4 is 21.7 Å². The maximum atomic E-state index is 12.7. The third-order valence-electron chi connectivity index (χ3n) is 3.55. The molecule has 2 rings (SSSR count). The first-order valence-corrected chi connectivity index (χ1v) is 8.19. The van der Waals surface area contributed by atoms with Gasteiger partial charge in [-0.1, -0.05) is 0 Å². The monoisotopic (exact) mass is 332 g/mol. The molecular formula is C16H16N2O4S. The van der Waals surface area contributed by atoms with Gasteiger partial charge in [0.2, 0.25) is 21.7 Å². The molecule has 0 atom stereocenters. The van der Waals surface area contributed by atoms with Crippen LogP contribution in [0.3, 0.4) is 0 Å². The van der Waals surface area contributed by atoms with Gasteiger partial charge in [-0.25, -0.2) is 8.42 Å². The first kappa shape index (κ1) is 16.7. The summed E-state index contributed by atoms with van der Waals surface area (Å²) in [6, 6.07) is 8.23. The van der Waals surface area contributed by atoms with Gasteiger partial charge in [-0.05, 0) is 61.4 Å². The molecule has 0 aliphatic rings. The average molecular weight is 332 g/mol. The number of nitrogens with two attached hydrogens (primary N) is 2. The molecule has 0 aliphatic heterocycles. The molecule has 2 amide bonds. The van der Waals surface area contributed by atoms with Crippen LogP contribution in [0, 0.1) is 13.8 Å². The van der Waals surface area contributed by atoms with Gasteiger partial charge in [0.25, 0.3) is 0 Å². The van der Waals surface area contributed by atoms with Crippen molar-refractivity contribution in [1.82, 2.24) is 0 Å². The summed E-state index contributed by atoms with van der Waals surface area (Å²) in [6.45, 7) is 3.22. The van der Waals surface area contributed by atoms with Crippen LogP contribution in [-0.2, 0) is 9.84 Å². The van der Waals surface area contributed by atoms with Crippen molar-refractivity contribution in [3.8, 4) is 0 Å². The molecule has 6 nitrogen and oxygen atoms in total. The van der Waals surface area contributed by atoms with E-state index in [9.17, 15) is 18.0 Å². The quantitative estimate of drug-likeness (QED) is 0.877. The molecule has 0 spiro atoms. The molecule has 0 heterocycles. The van der Waals surface area contributed by atoms with E-state index in [1.807, 2.05) is 0 Å². The molecule has 0 aromatic heterocycles. The van der Waals surface area contributed by atoms with E-state index in [4.69, 9.17) is 11.5 Å². The van der Waals surface area contributed by atoms with Crippen molar-refractivity contribution in [1.29, 1.82) is 0 Å². The normalized spacial score (nSPS) is 11.2. The van der Waals surface area contributed by atoms with Gasteiger partial charge in [0, 0.05) is 11.1 Å². The Balaban J connectivity index is 2.55. The topological polar surface area (TPSA) is 120 Å². The Bertz CT molecular complexity index is 848. The number of primary amides is 2. The lowest BCUT2D eigenvalue weighted by Gasteiger charge is -2.09. The standard InChI is InChI=1S/C16H16N2O4S/c1-9-7-11(3-5-13(9)15(17)19)23(21,22)12-4-6-14(16(18)20)10(2)8-12/h3-8H,1-2H3,(H2,17,19)(H2,18,20). The average Bonchev–Trinajstić information content (AvgIpc) is 2.46. The molecule has 0 fully saturated rings. The zero-order valence-electron chi connectivity index (χ0n) is 12.7. The predicted octanol–water partition coefficient (Wildman–Crippen LogP) is 1.33. The second-order valence-electron chi connectivity index (χ2n) is 5.19. The largest absolute Gasteiger partial charge is 0.366 e. The number of rotatable bonds is 4. The Kier molecular flexibility index (Phi) is 4.24. The highest BCUT2D eigenvalue weighted by atomic mass is 32.2. The number of carbonyl (C=O) groups is 2. The van der Waals surface area contributed by atoms with Crippen LogP contribution in [0.4, 0.5) is 0 Å². The molecule has 2 aromatic rings. The fraction of sp³-hybridized carbons (Fsp3) is 0.125. The molecule has 2 aromatic carbocycles. The summed E-state index contributed by atoms with van der Waals surface area (Å²) >= 11 is 0. The van der Waals surface area contributed by atoms with Crippen LogP contribution in [0.25, 0.3) is 0 Å². The van der Waals surface area contributed by atoms with Crippen molar-refractivity contribution < 1.29 is 18.0 Å². The lowest BCUT2D eigenvalue weighted by Crippen LogP contribution is -2.14. The Hall–Kier alpha value is -2.67. The van der Waals surface area contributed by atoms with Gasteiger partial charge in [-0.2, -0.15) is 0 Å². The number of sulfone groups is 1. The molecule has 23 heavy (non-hydrogen) atoms. The smallest absolute Gasteiger partial charge is 0.248 e. The molecular weight excluding hydrogens is 316 g/mol. The number of amides is 2. The maximum absolute atomic E-state index is 12.7. The van der Waals surface area contributed by atoms with Gasteiger partial charge >= 0.3 is 0 Å². The summed E-state index contributed by atoms with van der Waals surface area (Å²) in [5.41, 5.74) is 11.9. The van der Waals surface area contributed by atoms with Crippen LogP contribution >= 0.6 is 0 Å². The second kappa shape index (κ2) is 5.85. The van der Waals surface area contributed by atoms with Gasteiger partial charge < -0.3 is 11.5 Å². The molecule has 4 N–H and O–H groups in total. The molecule has 0 unspecified atom stereocenters. The van der Waals surface area contributed by atoms with Crippen molar-refractivity contribution in [3.63, 3.8) is 0 Å². The van der Waals surface area contributed by atoms with Crippen molar-refractivity contribution in [2.24, 2.45) is 11.5 Å². The minimum Gasteiger partial charge on any atom is -0.366 e. The van der Waals surface area contributed by atoms with Gasteiger partial charge in [-0.15, -0.1) is 0 Å². The fourth-order valence-corrected chi connectivity index (χ4v) is 3.73. The van der Waals surface area contributed by atoms with E-state index < -0.39 is 21.7 Å². The van der Waals surface area contributed by atoms with Gasteiger partial charge in [0.1, 0.15) is 0 Å². The molecule has 0 saturated heterocycles. The van der Waals surface area contributed by atoms with Crippen LogP contribution in [0.15, 0.2) is 46.2 Å². The minimum atomic E-state index is -3.77. The zero-order valence-corrected chi connectivity index (χ0v) is 13.5.